The lowest BCUT2D eigenvalue weighted by Crippen LogP contribution is -1.75. The first kappa shape index (κ1) is 24.8. The molecule has 0 atom stereocenters. The Labute approximate surface area is 189 Å². The van der Waals surface area contributed by atoms with E-state index in [0.717, 1.165) is 16.1 Å². The van der Waals surface area contributed by atoms with Crippen LogP contribution in [0.15, 0.2) is 118 Å². The lowest BCUT2D eigenvalue weighted by Gasteiger charge is -2.00. The topological polar surface area (TPSA) is 51.7 Å². The molecule has 2 nitrogen and oxygen atoms in total. The molecule has 0 aliphatic heterocycles. The van der Waals surface area contributed by atoms with Crippen LogP contribution in [0.4, 0.5) is 0 Å². The van der Waals surface area contributed by atoms with E-state index >= 15 is 0 Å². The number of hydrogen-bond acceptors (Lipinski definition) is 1. The number of aliphatic hydroxyl groups excluding tert-OH is 1. The fourth-order valence-corrected chi connectivity index (χ4v) is 3.07. The van der Waals surface area contributed by atoms with Crippen molar-refractivity contribution in [1.29, 1.82) is 0 Å². The van der Waals surface area contributed by atoms with Crippen molar-refractivity contribution in [1.82, 2.24) is 0 Å². The molecular weight excluding hydrogens is 492 g/mol. The van der Waals surface area contributed by atoms with E-state index < -0.39 is 0 Å². The highest BCUT2D eigenvalue weighted by Crippen LogP contribution is 2.21. The minimum atomic E-state index is 0. The molecule has 0 aliphatic rings. The largest absolute Gasteiger partial charge is 0.412 e. The van der Waals surface area contributed by atoms with Gasteiger partial charge in [-0.1, -0.05) is 117 Å². The second-order valence-corrected chi connectivity index (χ2v) is 7.58. The highest BCUT2D eigenvalue weighted by molar-refractivity contribution is 9.10. The fourth-order valence-electron chi connectivity index (χ4n) is 2.55. The van der Waals surface area contributed by atoms with Crippen LogP contribution in [0.2, 0.25) is 0 Å². The summed E-state index contributed by atoms with van der Waals surface area (Å²) >= 11 is 6.84. The molecule has 0 fully saturated rings. The van der Waals surface area contributed by atoms with E-state index in [1.54, 1.807) is 0 Å². The molecule has 0 bridgehead atoms. The first-order valence-electron chi connectivity index (χ1n) is 8.79. The van der Waals surface area contributed by atoms with Gasteiger partial charge in [0.05, 0.1) is 0 Å². The highest BCUT2D eigenvalue weighted by Gasteiger charge is 1.95. The molecule has 0 unspecified atom stereocenters. The first-order valence-corrected chi connectivity index (χ1v) is 10.4. The van der Waals surface area contributed by atoms with Gasteiger partial charge in [0.1, 0.15) is 0 Å². The van der Waals surface area contributed by atoms with Crippen LogP contribution in [0.1, 0.15) is 0 Å². The van der Waals surface area contributed by atoms with Crippen molar-refractivity contribution in [3.8, 4) is 22.3 Å². The molecule has 0 spiro atoms. The van der Waals surface area contributed by atoms with Gasteiger partial charge in [-0.25, -0.2) is 0 Å². The molecule has 0 amide bonds. The Kier molecular flexibility index (Phi) is 11.8. The van der Waals surface area contributed by atoms with Crippen LogP contribution in [-0.4, -0.2) is 17.7 Å². The van der Waals surface area contributed by atoms with E-state index in [2.05, 4.69) is 129 Å². The van der Waals surface area contributed by atoms with Crippen LogP contribution in [0.5, 0.6) is 0 Å². The maximum absolute atomic E-state index is 7.00. The van der Waals surface area contributed by atoms with Crippen molar-refractivity contribution in [2.24, 2.45) is 0 Å². The van der Waals surface area contributed by atoms with Crippen LogP contribution < -0.4 is 0 Å². The predicted molar refractivity (Wildman–Crippen MR) is 131 cm³/mol. The second-order valence-electron chi connectivity index (χ2n) is 5.75. The Morgan fingerprint density at radius 3 is 0.931 bits per heavy atom. The molecule has 0 aromatic heterocycles. The van der Waals surface area contributed by atoms with E-state index in [1.165, 1.54) is 22.3 Å². The molecular formula is C25H24Br2O2. The minimum absolute atomic E-state index is 0. The molecule has 0 aliphatic carbocycles. The fraction of sp³-hybridized carbons (Fsp3) is 0.0400. The Morgan fingerprint density at radius 2 is 0.655 bits per heavy atom. The summed E-state index contributed by atoms with van der Waals surface area (Å²) in [7, 11) is 1.00. The lowest BCUT2D eigenvalue weighted by atomic mass is 10.1. The molecule has 3 N–H and O–H groups in total. The minimum Gasteiger partial charge on any atom is -0.412 e. The average Bonchev–Trinajstić information content (AvgIpc) is 2.78. The molecule has 29 heavy (non-hydrogen) atoms. The SMILES string of the molecule is Brc1ccc(-c2ccccc2)cc1.Brc1ccc(-c2ccccc2)cc1.CO.O. The van der Waals surface area contributed by atoms with Crippen molar-refractivity contribution in [3.63, 3.8) is 0 Å². The van der Waals surface area contributed by atoms with Gasteiger partial charge in [0, 0.05) is 16.1 Å². The van der Waals surface area contributed by atoms with E-state index in [1.807, 2.05) is 12.1 Å². The predicted octanol–water partition coefficient (Wildman–Crippen LogP) is 7.02. The van der Waals surface area contributed by atoms with Crippen molar-refractivity contribution in [2.45, 2.75) is 0 Å². The summed E-state index contributed by atoms with van der Waals surface area (Å²) in [6.45, 7) is 0. The van der Waals surface area contributed by atoms with Crippen LogP contribution in [-0.2, 0) is 0 Å². The molecule has 150 valence electrons. The molecule has 0 saturated carbocycles. The van der Waals surface area contributed by atoms with Gasteiger partial charge in [0.25, 0.3) is 0 Å². The van der Waals surface area contributed by atoms with Crippen molar-refractivity contribution < 1.29 is 10.6 Å². The normalized spacial score (nSPS) is 9.10. The van der Waals surface area contributed by atoms with E-state index in [4.69, 9.17) is 5.11 Å². The van der Waals surface area contributed by atoms with Gasteiger partial charge in [-0.15, -0.1) is 0 Å². The van der Waals surface area contributed by atoms with Crippen molar-refractivity contribution in [3.05, 3.63) is 118 Å². The zero-order valence-corrected chi connectivity index (χ0v) is 19.3. The molecule has 4 aromatic carbocycles. The first-order chi connectivity index (χ1) is 13.7. The van der Waals surface area contributed by atoms with Crippen molar-refractivity contribution in [2.75, 3.05) is 7.11 Å². The maximum Gasteiger partial charge on any atom is 0.0319 e. The van der Waals surface area contributed by atoms with E-state index in [0.29, 0.717) is 0 Å². The summed E-state index contributed by atoms with van der Waals surface area (Å²) in [5.41, 5.74) is 5.03. The summed E-state index contributed by atoms with van der Waals surface area (Å²) in [6.07, 6.45) is 0. The number of benzene rings is 4. The third-order valence-electron chi connectivity index (χ3n) is 3.90. The Morgan fingerprint density at radius 1 is 0.414 bits per heavy atom. The summed E-state index contributed by atoms with van der Waals surface area (Å²) < 4.78 is 2.24. The summed E-state index contributed by atoms with van der Waals surface area (Å²) in [5, 5.41) is 7.00. The number of halogens is 2. The standard InChI is InChI=1S/2C12H9Br.CH4O.H2O/c2*13-12-8-6-11(7-9-12)10-4-2-1-3-5-10;1-2;/h2*1-9H;2H,1H3;1H2. The molecule has 0 saturated heterocycles. The smallest absolute Gasteiger partial charge is 0.0319 e. The Bertz CT molecular complexity index is 843. The van der Waals surface area contributed by atoms with Crippen LogP contribution in [0.25, 0.3) is 22.3 Å². The molecule has 4 aromatic rings. The molecule has 4 heteroatoms. The van der Waals surface area contributed by atoms with Crippen LogP contribution in [0.3, 0.4) is 0 Å². The highest BCUT2D eigenvalue weighted by atomic mass is 79.9. The second kappa shape index (κ2) is 13.9. The summed E-state index contributed by atoms with van der Waals surface area (Å²) in [4.78, 5) is 0. The third-order valence-corrected chi connectivity index (χ3v) is 4.96. The Balaban J connectivity index is 0.000000259. The van der Waals surface area contributed by atoms with Gasteiger partial charge in [-0.2, -0.15) is 0 Å². The van der Waals surface area contributed by atoms with Gasteiger partial charge in [-0.05, 0) is 46.5 Å². The maximum atomic E-state index is 7.00. The number of rotatable bonds is 2. The summed E-state index contributed by atoms with van der Waals surface area (Å²) in [6, 6.07) is 37.4. The molecule has 4 rings (SSSR count). The van der Waals surface area contributed by atoms with E-state index in [9.17, 15) is 0 Å². The van der Waals surface area contributed by atoms with Gasteiger partial charge in [0.2, 0.25) is 0 Å². The van der Waals surface area contributed by atoms with E-state index in [-0.39, 0.29) is 5.48 Å². The number of aliphatic hydroxyl groups is 1. The van der Waals surface area contributed by atoms with Crippen molar-refractivity contribution >= 4 is 31.9 Å². The van der Waals surface area contributed by atoms with Gasteiger partial charge in [0.15, 0.2) is 0 Å². The van der Waals surface area contributed by atoms with Gasteiger partial charge in [-0.3, -0.25) is 0 Å². The number of hydrogen-bond donors (Lipinski definition) is 1. The summed E-state index contributed by atoms with van der Waals surface area (Å²) in [5.74, 6) is 0. The zero-order valence-electron chi connectivity index (χ0n) is 16.1. The molecule has 0 radical (unpaired) electrons. The van der Waals surface area contributed by atoms with Gasteiger partial charge >= 0.3 is 0 Å². The Hall–Kier alpha value is -2.24. The van der Waals surface area contributed by atoms with Crippen LogP contribution in [0, 0.1) is 0 Å². The van der Waals surface area contributed by atoms with Gasteiger partial charge < -0.3 is 10.6 Å². The quantitative estimate of drug-likeness (QED) is 0.306. The van der Waals surface area contributed by atoms with Crippen LogP contribution >= 0.6 is 31.9 Å². The zero-order chi connectivity index (χ0) is 20.2. The monoisotopic (exact) mass is 514 g/mol. The third kappa shape index (κ3) is 8.34. The lowest BCUT2D eigenvalue weighted by molar-refractivity contribution is 0.399. The molecule has 0 heterocycles. The average molecular weight is 516 g/mol.